The standard InChI is InChI=1S/C85H144O17P2/c1-5-9-13-17-21-25-29-33-36-38-39-41-43-47-50-54-58-62-66-70-83(88)96-76-81(102-85(90)72-68-64-60-56-52-48-44-40-37-34-30-26-22-18-14-10-6-2)78-100-104(93,94)98-74-79(86)73-97-103(91,92)99-77-80(101-84(89)71-67-63-59-55-51-45-32-28-24-20-16-12-8-4)75-95-82(87)69-65-61-57-53-49-46-42-35-31-27-23-19-15-11-7-3/h9-10,13-14,21-22,25-26,33-37,39,41-42,44,47-48,50,58,62,79-81,86H,5-8,11-12,15-20,23-24,27-32,38,40,43,45-46,49,51-57,59-61,63-78H2,1-4H3,(H,91,92)(H,93,94)/b13-9-,14-10-,25-21-,26-22-,36-33-,37-34-,41-39-,42-35-,48-44-,50-47-,62-58-. The summed E-state index contributed by atoms with van der Waals surface area (Å²) in [5, 5.41) is 10.6. The summed E-state index contributed by atoms with van der Waals surface area (Å²) < 4.78 is 68.5. The molecule has 5 unspecified atom stereocenters. The monoisotopic (exact) mass is 1500 g/mol. The fraction of sp³-hybridized carbons (Fsp3) is 0.694. The maximum Gasteiger partial charge on any atom is 0.472 e. The van der Waals surface area contributed by atoms with Gasteiger partial charge in [-0.05, 0) is 128 Å². The Bertz CT molecular complexity index is 2490. The molecule has 3 N–H and O–H groups in total. The molecule has 17 nitrogen and oxygen atoms in total. The van der Waals surface area contributed by atoms with Crippen molar-refractivity contribution in [3.8, 4) is 0 Å². The summed E-state index contributed by atoms with van der Waals surface area (Å²) in [6, 6.07) is 0. The largest absolute Gasteiger partial charge is 0.472 e. The fourth-order valence-electron chi connectivity index (χ4n) is 10.5. The molecule has 0 bridgehead atoms. The van der Waals surface area contributed by atoms with Crippen LogP contribution in [-0.2, 0) is 65.4 Å². The van der Waals surface area contributed by atoms with Crippen LogP contribution in [0.5, 0.6) is 0 Å². The Kier molecular flexibility index (Phi) is 72.9. The highest BCUT2D eigenvalue weighted by Gasteiger charge is 2.30. The van der Waals surface area contributed by atoms with Crippen LogP contribution in [0.15, 0.2) is 134 Å². The first-order valence-electron chi connectivity index (χ1n) is 40.4. The van der Waals surface area contributed by atoms with Gasteiger partial charge in [-0.15, -0.1) is 0 Å². The first-order chi connectivity index (χ1) is 50.7. The van der Waals surface area contributed by atoms with E-state index in [1.165, 1.54) is 89.9 Å². The summed E-state index contributed by atoms with van der Waals surface area (Å²) in [6.45, 7) is 4.54. The number of esters is 4. The molecule has 104 heavy (non-hydrogen) atoms. The number of phosphoric acid groups is 2. The third-order valence-corrected chi connectivity index (χ3v) is 18.5. The summed E-state index contributed by atoms with van der Waals surface area (Å²) in [6.07, 6.45) is 85.8. The van der Waals surface area contributed by atoms with E-state index in [1.807, 2.05) is 18.2 Å². The first kappa shape index (κ1) is 99.2. The molecule has 0 fully saturated rings. The molecule has 0 aromatic rings. The van der Waals surface area contributed by atoms with Crippen molar-refractivity contribution >= 4 is 39.5 Å². The first-order valence-corrected chi connectivity index (χ1v) is 43.4. The van der Waals surface area contributed by atoms with Crippen molar-refractivity contribution in [2.45, 2.75) is 341 Å². The molecule has 0 radical (unpaired) electrons. The van der Waals surface area contributed by atoms with Crippen molar-refractivity contribution in [3.63, 3.8) is 0 Å². The second-order valence-corrected chi connectivity index (χ2v) is 29.5. The van der Waals surface area contributed by atoms with Crippen molar-refractivity contribution < 1.29 is 80.2 Å². The van der Waals surface area contributed by atoms with Gasteiger partial charge in [0, 0.05) is 25.7 Å². The fourth-order valence-corrected chi connectivity index (χ4v) is 12.1. The average molecular weight is 1500 g/mol. The Hall–Kier alpha value is -4.80. The number of unbranched alkanes of at least 4 members (excludes halogenated alkanes) is 27. The number of allylic oxidation sites excluding steroid dienone is 22. The molecule has 0 aliphatic rings. The van der Waals surface area contributed by atoms with E-state index in [-0.39, 0.29) is 25.7 Å². The zero-order valence-electron chi connectivity index (χ0n) is 65.2. The predicted octanol–water partition coefficient (Wildman–Crippen LogP) is 23.7. The number of rotatable bonds is 75. The Morgan fingerprint density at radius 3 is 0.837 bits per heavy atom. The lowest BCUT2D eigenvalue weighted by Crippen LogP contribution is -2.30. The van der Waals surface area contributed by atoms with E-state index < -0.39 is 97.5 Å². The van der Waals surface area contributed by atoms with Gasteiger partial charge in [-0.1, -0.05) is 303 Å². The summed E-state index contributed by atoms with van der Waals surface area (Å²) in [5.74, 6) is -2.30. The molecule has 19 heteroatoms. The van der Waals surface area contributed by atoms with Crippen LogP contribution in [0, 0.1) is 0 Å². The van der Waals surface area contributed by atoms with Gasteiger partial charge in [-0.3, -0.25) is 37.3 Å². The van der Waals surface area contributed by atoms with Crippen LogP contribution < -0.4 is 0 Å². The Morgan fingerprint density at radius 2 is 0.519 bits per heavy atom. The van der Waals surface area contributed by atoms with Crippen LogP contribution in [0.4, 0.5) is 0 Å². The van der Waals surface area contributed by atoms with E-state index in [9.17, 15) is 43.2 Å². The van der Waals surface area contributed by atoms with E-state index >= 15 is 0 Å². The second kappa shape index (κ2) is 76.4. The van der Waals surface area contributed by atoms with Gasteiger partial charge >= 0.3 is 39.5 Å². The number of hydrogen-bond acceptors (Lipinski definition) is 15. The zero-order valence-corrected chi connectivity index (χ0v) is 66.9. The highest BCUT2D eigenvalue weighted by atomic mass is 31.2. The van der Waals surface area contributed by atoms with E-state index in [0.29, 0.717) is 32.1 Å². The number of aliphatic hydroxyl groups excluding tert-OH is 1. The molecule has 596 valence electrons. The molecule has 5 atom stereocenters. The van der Waals surface area contributed by atoms with Crippen LogP contribution in [0.3, 0.4) is 0 Å². The number of hydrogen-bond donors (Lipinski definition) is 3. The molecule has 0 rings (SSSR count). The Morgan fingerprint density at radius 1 is 0.279 bits per heavy atom. The number of carbonyl (C=O) groups excluding carboxylic acids is 4. The van der Waals surface area contributed by atoms with Crippen LogP contribution in [0.2, 0.25) is 0 Å². The van der Waals surface area contributed by atoms with Gasteiger partial charge in [-0.25, -0.2) is 9.13 Å². The maximum absolute atomic E-state index is 13.1. The maximum atomic E-state index is 13.1. The van der Waals surface area contributed by atoms with Crippen LogP contribution >= 0.6 is 15.6 Å². The van der Waals surface area contributed by atoms with Gasteiger partial charge in [-0.2, -0.15) is 0 Å². The molecule has 0 aromatic carbocycles. The van der Waals surface area contributed by atoms with Crippen LogP contribution in [-0.4, -0.2) is 96.7 Å². The van der Waals surface area contributed by atoms with Gasteiger partial charge in [0.05, 0.1) is 26.4 Å². The van der Waals surface area contributed by atoms with Crippen molar-refractivity contribution in [1.29, 1.82) is 0 Å². The minimum atomic E-state index is -5.00. The number of aliphatic hydroxyl groups is 1. The number of phosphoric ester groups is 2. The van der Waals surface area contributed by atoms with E-state index in [4.69, 9.17) is 37.0 Å². The molecule has 0 aromatic heterocycles. The van der Waals surface area contributed by atoms with Gasteiger partial charge in [0.25, 0.3) is 0 Å². The Labute approximate surface area is 631 Å². The molecule has 0 spiro atoms. The molecular weight excluding hydrogens is 1350 g/mol. The van der Waals surface area contributed by atoms with Crippen molar-refractivity contribution in [2.24, 2.45) is 0 Å². The van der Waals surface area contributed by atoms with Crippen molar-refractivity contribution in [3.05, 3.63) is 134 Å². The average Bonchev–Trinajstić information content (AvgIpc) is 0.911. The highest BCUT2D eigenvalue weighted by molar-refractivity contribution is 7.47. The van der Waals surface area contributed by atoms with Crippen molar-refractivity contribution in [1.82, 2.24) is 0 Å². The molecule has 0 aliphatic carbocycles. The van der Waals surface area contributed by atoms with Gasteiger partial charge < -0.3 is 33.8 Å². The minimum Gasteiger partial charge on any atom is -0.462 e. The normalized spacial score (nSPS) is 14.6. The quantitative estimate of drug-likeness (QED) is 0.0169. The molecule has 0 aliphatic heterocycles. The SMILES string of the molecule is CC/C=C\C/C=C\C/C=C\C/C=C\C/C=C\C/C=C\CCC(=O)OCC(COP(=O)(O)OCC(O)COP(=O)(O)OCC(COC(=O)CCCCCCC/C=C\CCCCCCCC)OC(=O)CCCCCCCCCCCCCCC)OC(=O)CCCCCC/C=C\C/C=C\C/C=C\C/C=C\CC. The third-order valence-electron chi connectivity index (χ3n) is 16.6. The lowest BCUT2D eigenvalue weighted by atomic mass is 10.0. The smallest absolute Gasteiger partial charge is 0.462 e. The molecule has 0 saturated heterocycles. The van der Waals surface area contributed by atoms with Gasteiger partial charge in [0.2, 0.25) is 0 Å². The van der Waals surface area contributed by atoms with E-state index in [2.05, 4.69) is 143 Å². The predicted molar refractivity (Wildman–Crippen MR) is 427 cm³/mol. The summed E-state index contributed by atoms with van der Waals surface area (Å²) in [4.78, 5) is 73.0. The summed E-state index contributed by atoms with van der Waals surface area (Å²) in [7, 11) is -9.99. The number of carbonyl (C=O) groups is 4. The molecular formula is C85H144O17P2. The highest BCUT2D eigenvalue weighted by Crippen LogP contribution is 2.45. The zero-order chi connectivity index (χ0) is 76.0. The lowest BCUT2D eigenvalue weighted by molar-refractivity contribution is -0.161. The Balaban J connectivity index is 5.45. The minimum absolute atomic E-state index is 0.0272. The van der Waals surface area contributed by atoms with Crippen LogP contribution in [0.25, 0.3) is 0 Å². The van der Waals surface area contributed by atoms with E-state index in [0.717, 1.165) is 148 Å². The van der Waals surface area contributed by atoms with E-state index in [1.54, 1.807) is 0 Å². The second-order valence-electron chi connectivity index (χ2n) is 26.6. The molecule has 0 amide bonds. The van der Waals surface area contributed by atoms with Gasteiger partial charge in [0.15, 0.2) is 12.2 Å². The summed E-state index contributed by atoms with van der Waals surface area (Å²) in [5.41, 5.74) is 0. The lowest BCUT2D eigenvalue weighted by Gasteiger charge is -2.21. The summed E-state index contributed by atoms with van der Waals surface area (Å²) >= 11 is 0. The molecule has 0 heterocycles. The van der Waals surface area contributed by atoms with Crippen molar-refractivity contribution in [2.75, 3.05) is 39.6 Å². The van der Waals surface area contributed by atoms with Crippen LogP contribution in [0.1, 0.15) is 323 Å². The number of ether oxygens (including phenoxy) is 4. The molecule has 0 saturated carbocycles. The third kappa shape index (κ3) is 75.4. The topological polar surface area (TPSA) is 237 Å². The van der Waals surface area contributed by atoms with Gasteiger partial charge in [0.1, 0.15) is 19.3 Å².